The lowest BCUT2D eigenvalue weighted by molar-refractivity contribution is -0.336. The van der Waals surface area contributed by atoms with Crippen LogP contribution in [0.2, 0.25) is 0 Å². The van der Waals surface area contributed by atoms with Crippen LogP contribution in [-0.4, -0.2) is 117 Å². The molecule has 2 aliphatic rings. The van der Waals surface area contributed by atoms with E-state index in [-0.39, 0.29) is 65.7 Å². The molecule has 6 aromatic carbocycles. The second-order valence-electron chi connectivity index (χ2n) is 31.9. The van der Waals surface area contributed by atoms with Crippen molar-refractivity contribution in [3.8, 4) is 0 Å². The first-order valence-corrected chi connectivity index (χ1v) is 46.4. The van der Waals surface area contributed by atoms with Crippen molar-refractivity contribution in [2.75, 3.05) is 26.4 Å². The first-order valence-electron chi connectivity index (χ1n) is 44.9. The number of rotatable bonds is 66. The summed E-state index contributed by atoms with van der Waals surface area (Å²) in [6.07, 6.45) is 21.1. The first-order chi connectivity index (χ1) is 58.0. The van der Waals surface area contributed by atoms with Crippen molar-refractivity contribution >= 4 is 19.8 Å². The van der Waals surface area contributed by atoms with Crippen LogP contribution in [0, 0.1) is 0 Å². The highest BCUT2D eigenvalue weighted by atomic mass is 31.2. The van der Waals surface area contributed by atoms with Gasteiger partial charge in [0.1, 0.15) is 67.6 Å². The number of hydrogen-bond donors (Lipinski definition) is 1. The molecule has 0 radical (unpaired) electrons. The van der Waals surface area contributed by atoms with Gasteiger partial charge < -0.3 is 57.0 Å². The summed E-state index contributed by atoms with van der Waals surface area (Å²) in [5.74, 6) is -1.05. The van der Waals surface area contributed by atoms with Crippen LogP contribution in [0.25, 0.3) is 10.4 Å². The van der Waals surface area contributed by atoms with Gasteiger partial charge in [0.25, 0.3) is 0 Å². The van der Waals surface area contributed by atoms with E-state index < -0.39 is 106 Å². The van der Waals surface area contributed by atoms with E-state index in [1.807, 2.05) is 182 Å². The molecule has 650 valence electrons. The van der Waals surface area contributed by atoms with Crippen LogP contribution < -0.4 is 0 Å². The number of benzene rings is 6. The molecule has 1 heterocycles. The smallest absolute Gasteiger partial charge is 0.462 e. The highest BCUT2D eigenvalue weighted by Gasteiger charge is 2.59. The van der Waals surface area contributed by atoms with Gasteiger partial charge in [0.2, 0.25) is 0 Å². The fourth-order valence-electron chi connectivity index (χ4n) is 15.4. The quantitative estimate of drug-likeness (QED) is 0.00932. The zero-order valence-electron chi connectivity index (χ0n) is 71.1. The highest BCUT2D eigenvalue weighted by molar-refractivity contribution is 7.47. The summed E-state index contributed by atoms with van der Waals surface area (Å²) in [5, 5.41) is 4.51. The van der Waals surface area contributed by atoms with Crippen LogP contribution in [0.1, 0.15) is 272 Å². The number of esters is 2. The van der Waals surface area contributed by atoms with Crippen molar-refractivity contribution in [2.24, 2.45) is 5.11 Å². The zero-order chi connectivity index (χ0) is 83.0. The summed E-state index contributed by atoms with van der Waals surface area (Å²) in [6, 6.07) is 56.5. The van der Waals surface area contributed by atoms with Crippen LogP contribution in [-0.2, 0) is 115 Å². The van der Waals surface area contributed by atoms with Gasteiger partial charge in [0.05, 0.1) is 52.9 Å². The molecule has 1 saturated heterocycles. The number of carbonyl (C=O) groups excluding carboxylic acids is 2. The maximum Gasteiger partial charge on any atom is 0.472 e. The number of hydrogen-bond acceptors (Lipinski definition) is 17. The largest absolute Gasteiger partial charge is 0.472 e. The molecule has 118 heavy (non-hydrogen) atoms. The number of unbranched alkanes of at least 4 members (excludes halogenated alkanes) is 29. The Bertz CT molecular complexity index is 3610. The van der Waals surface area contributed by atoms with E-state index in [0.29, 0.717) is 19.3 Å². The molecule has 1 N–H and O–H groups in total. The Morgan fingerprint density at radius 2 is 0.729 bits per heavy atom. The Morgan fingerprint density at radius 1 is 0.398 bits per heavy atom. The standard InChI is InChI=1S/C97H140N3O17P/c1-4-7-10-13-16-18-20-22-24-26-28-30-51-66-86(101)107-75-84(114-87(102)67-52-31-29-27-25-23-21-19-17-14-11-8-5-2)76-113-118(103,104)117-96-94(106-68-53-32-15-12-9-6-3)92(111-73-82-62-47-37-48-63-82)91(110-72-81-60-45-36-46-61-81)93(112-74-83-64-49-38-50-65-83)95(96)116-97-88(99-100-98)90(109-71-80-58-43-35-44-59-80)89(108-70-79-56-41-34-42-57-79)85(115-97)77-105-69-78-54-39-33-40-55-78/h33-50,54-65,84-85,88-97H,4-32,51-53,66-77H2,1-3H3,(H,103,104)/t84-,85-,88-,89-,90-,91-,92-,93+,94-,95-,96-,97-/m1/s1. The molecule has 20 nitrogen and oxygen atoms in total. The topological polar surface area (TPSA) is 240 Å². The predicted octanol–water partition coefficient (Wildman–Crippen LogP) is 23.6. The minimum Gasteiger partial charge on any atom is -0.462 e. The molecule has 1 saturated carbocycles. The normalized spacial score (nSPS) is 20.7. The number of phosphoric acid groups is 1. The van der Waals surface area contributed by atoms with Crippen molar-refractivity contribution in [3.05, 3.63) is 226 Å². The monoisotopic (exact) mass is 1650 g/mol. The van der Waals surface area contributed by atoms with Crippen molar-refractivity contribution in [3.63, 3.8) is 0 Å². The van der Waals surface area contributed by atoms with Crippen LogP contribution in [0.3, 0.4) is 0 Å². The second kappa shape index (κ2) is 59.9. The number of carbonyl (C=O) groups is 2. The van der Waals surface area contributed by atoms with Crippen LogP contribution in [0.5, 0.6) is 0 Å². The molecule has 1 unspecified atom stereocenters. The average molecular weight is 1650 g/mol. The molecule has 21 heteroatoms. The summed E-state index contributed by atoms with van der Waals surface area (Å²) in [4.78, 5) is 44.1. The third-order valence-electron chi connectivity index (χ3n) is 22.0. The molecule has 2 fully saturated rings. The van der Waals surface area contributed by atoms with E-state index in [9.17, 15) is 20.0 Å². The predicted molar refractivity (Wildman–Crippen MR) is 463 cm³/mol. The highest BCUT2D eigenvalue weighted by Crippen LogP contribution is 2.50. The van der Waals surface area contributed by atoms with Crippen LogP contribution in [0.15, 0.2) is 187 Å². The van der Waals surface area contributed by atoms with Crippen molar-refractivity contribution in [2.45, 2.75) is 352 Å². The van der Waals surface area contributed by atoms with Crippen molar-refractivity contribution in [1.29, 1.82) is 0 Å². The molecule has 6 aromatic rings. The van der Waals surface area contributed by atoms with Gasteiger partial charge >= 0.3 is 19.8 Å². The number of nitrogens with zero attached hydrogens (tertiary/aromatic N) is 3. The lowest BCUT2D eigenvalue weighted by Crippen LogP contribution is -2.69. The molecule has 1 aliphatic heterocycles. The first kappa shape index (κ1) is 96.8. The van der Waals surface area contributed by atoms with E-state index in [2.05, 4.69) is 30.8 Å². The minimum absolute atomic E-state index is 0.0229. The molecule has 0 amide bonds. The van der Waals surface area contributed by atoms with Crippen LogP contribution >= 0.6 is 7.82 Å². The van der Waals surface area contributed by atoms with E-state index in [1.165, 1.54) is 103 Å². The molecule has 8 rings (SSSR count). The Balaban J connectivity index is 1.16. The fourth-order valence-corrected chi connectivity index (χ4v) is 16.3. The number of phosphoric ester groups is 1. The van der Waals surface area contributed by atoms with Gasteiger partial charge in [-0.2, -0.15) is 0 Å². The summed E-state index contributed by atoms with van der Waals surface area (Å²) in [5.41, 5.74) is 15.9. The Kier molecular flexibility index (Phi) is 49.2. The molecule has 0 bridgehead atoms. The molecule has 0 aromatic heterocycles. The molecular weight excluding hydrogens is 1510 g/mol. The third kappa shape index (κ3) is 38.6. The Hall–Kier alpha value is -6.68. The van der Waals surface area contributed by atoms with Gasteiger partial charge in [0, 0.05) is 24.4 Å². The second-order valence-corrected chi connectivity index (χ2v) is 33.3. The lowest BCUT2D eigenvalue weighted by Gasteiger charge is -2.52. The van der Waals surface area contributed by atoms with E-state index in [1.54, 1.807) is 0 Å². The van der Waals surface area contributed by atoms with Gasteiger partial charge in [-0.3, -0.25) is 18.6 Å². The van der Waals surface area contributed by atoms with E-state index in [4.69, 9.17) is 61.2 Å². The van der Waals surface area contributed by atoms with Gasteiger partial charge in [-0.05, 0) is 58.2 Å². The van der Waals surface area contributed by atoms with E-state index >= 15 is 4.57 Å². The summed E-state index contributed by atoms with van der Waals surface area (Å²) in [7, 11) is -5.50. The van der Waals surface area contributed by atoms with Crippen LogP contribution in [0.4, 0.5) is 0 Å². The van der Waals surface area contributed by atoms with Crippen molar-refractivity contribution in [1.82, 2.24) is 0 Å². The molecule has 13 atom stereocenters. The van der Waals surface area contributed by atoms with Gasteiger partial charge in [0.15, 0.2) is 12.4 Å². The summed E-state index contributed by atoms with van der Waals surface area (Å²) in [6.45, 7) is 5.88. The Labute approximate surface area is 705 Å². The maximum absolute atomic E-state index is 15.8. The van der Waals surface area contributed by atoms with E-state index in [0.717, 1.165) is 117 Å². The summed E-state index contributed by atoms with van der Waals surface area (Å²) >= 11 is 0. The zero-order valence-corrected chi connectivity index (χ0v) is 72.0. The lowest BCUT2D eigenvalue weighted by atomic mass is 9.83. The van der Waals surface area contributed by atoms with Gasteiger partial charge in [-0.1, -0.05) is 394 Å². The van der Waals surface area contributed by atoms with Gasteiger partial charge in [-0.15, -0.1) is 0 Å². The minimum atomic E-state index is -5.50. The Morgan fingerprint density at radius 3 is 1.12 bits per heavy atom. The molecule has 0 spiro atoms. The molecular formula is C97H140N3O17P. The third-order valence-corrected chi connectivity index (χ3v) is 23.0. The summed E-state index contributed by atoms with van der Waals surface area (Å²) < 4.78 is 105. The number of ether oxygens (including phenoxy) is 11. The fraction of sp³-hybridized carbons (Fsp3) is 0.608. The SMILES string of the molecule is CCCCCCCCCCCCCCCC(=O)OC[C@H](COP(=O)(O)O[C@@H]1[C@H](OCCCCCCCC)[C@H](OCc2ccccc2)[C@@H](OCc2ccccc2)[C@H](OCc2ccccc2)[C@H]1O[C@H]1O[C@H](COCc2ccccc2)[C@@H](OCc2ccccc2)[C@H](OCc2ccccc2)[C@H]1N=[N+]=[N-])OC(=O)CCCCCCCCCCCCCCC. The maximum atomic E-state index is 15.8. The number of azide groups is 1. The van der Waals surface area contributed by atoms with Crippen molar-refractivity contribution < 1.29 is 80.2 Å². The van der Waals surface area contributed by atoms with Gasteiger partial charge in [-0.25, -0.2) is 4.57 Å². The molecule has 1 aliphatic carbocycles. The average Bonchev–Trinajstić information content (AvgIpc) is 0.746.